The lowest BCUT2D eigenvalue weighted by Crippen LogP contribution is -2.49. The lowest BCUT2D eigenvalue weighted by atomic mass is 10.2. The van der Waals surface area contributed by atoms with Crippen molar-refractivity contribution in [2.24, 2.45) is 0 Å². The number of nitrogens with zero attached hydrogens (tertiary/aromatic N) is 2. The van der Waals surface area contributed by atoms with Crippen LogP contribution in [0.2, 0.25) is 0 Å². The van der Waals surface area contributed by atoms with Gasteiger partial charge in [-0.1, -0.05) is 0 Å². The molecule has 7 nitrogen and oxygen atoms in total. The Labute approximate surface area is 142 Å². The molecule has 7 heteroatoms. The highest BCUT2D eigenvalue weighted by Crippen LogP contribution is 2.16. The number of β-amino-alcohol motifs (C(OH)–C–C–N with tert-alkyl or cyclic N) is 2. The van der Waals surface area contributed by atoms with Crippen LogP contribution in [0.1, 0.15) is 6.92 Å². The Morgan fingerprint density at radius 3 is 2.42 bits per heavy atom. The van der Waals surface area contributed by atoms with E-state index in [4.69, 9.17) is 9.84 Å². The van der Waals surface area contributed by atoms with E-state index < -0.39 is 6.10 Å². The van der Waals surface area contributed by atoms with Gasteiger partial charge in [0, 0.05) is 51.9 Å². The number of rotatable bonds is 8. The largest absolute Gasteiger partial charge is 0.491 e. The molecule has 0 aromatic heterocycles. The lowest BCUT2D eigenvalue weighted by Gasteiger charge is -2.35. The van der Waals surface area contributed by atoms with Gasteiger partial charge in [-0.05, 0) is 24.3 Å². The van der Waals surface area contributed by atoms with Crippen molar-refractivity contribution < 1.29 is 19.7 Å². The smallest absolute Gasteiger partial charge is 0.221 e. The van der Waals surface area contributed by atoms with E-state index in [9.17, 15) is 9.90 Å². The molecule has 1 amide bonds. The highest BCUT2D eigenvalue weighted by Gasteiger charge is 2.19. The van der Waals surface area contributed by atoms with E-state index in [-0.39, 0.29) is 19.1 Å². The van der Waals surface area contributed by atoms with Crippen molar-refractivity contribution in [1.82, 2.24) is 9.80 Å². The maximum Gasteiger partial charge on any atom is 0.221 e. The molecule has 1 aliphatic rings. The second-order valence-electron chi connectivity index (χ2n) is 6.04. The minimum absolute atomic E-state index is 0.113. The highest BCUT2D eigenvalue weighted by atomic mass is 16.5. The topological polar surface area (TPSA) is 85.3 Å². The van der Waals surface area contributed by atoms with E-state index >= 15 is 0 Å². The minimum Gasteiger partial charge on any atom is -0.491 e. The van der Waals surface area contributed by atoms with Crippen molar-refractivity contribution in [3.63, 3.8) is 0 Å². The Morgan fingerprint density at radius 1 is 1.21 bits per heavy atom. The first-order chi connectivity index (χ1) is 11.6. The Morgan fingerprint density at radius 2 is 1.83 bits per heavy atom. The van der Waals surface area contributed by atoms with E-state index in [0.717, 1.165) is 31.9 Å². The molecule has 24 heavy (non-hydrogen) atoms. The van der Waals surface area contributed by atoms with Crippen molar-refractivity contribution in [2.45, 2.75) is 13.0 Å². The maximum absolute atomic E-state index is 11.0. The SMILES string of the molecule is CC(=O)Nc1ccc(OC[C@@H](O)CN2CCN(CCO)CC2)cc1. The van der Waals surface area contributed by atoms with Crippen LogP contribution in [0, 0.1) is 0 Å². The molecule has 3 N–H and O–H groups in total. The minimum atomic E-state index is -0.551. The standard InChI is InChI=1S/C17H27N3O4/c1-14(22)18-15-2-4-17(5-3-15)24-13-16(23)12-20-8-6-19(7-9-20)10-11-21/h2-5,16,21,23H,6-13H2,1H3,(H,18,22)/t16-/m0/s1. The summed E-state index contributed by atoms with van der Waals surface area (Å²) < 4.78 is 5.60. The first kappa shape index (κ1) is 18.7. The van der Waals surface area contributed by atoms with Crippen molar-refractivity contribution in [3.8, 4) is 5.75 Å². The van der Waals surface area contributed by atoms with Gasteiger partial charge in [-0.2, -0.15) is 0 Å². The number of amides is 1. The van der Waals surface area contributed by atoms with Crippen molar-refractivity contribution >= 4 is 11.6 Å². The average Bonchev–Trinajstić information content (AvgIpc) is 2.56. The van der Waals surface area contributed by atoms with E-state index in [2.05, 4.69) is 15.1 Å². The van der Waals surface area contributed by atoms with Gasteiger partial charge in [0.25, 0.3) is 0 Å². The van der Waals surface area contributed by atoms with E-state index in [1.165, 1.54) is 6.92 Å². The molecule has 1 saturated heterocycles. The van der Waals surface area contributed by atoms with Gasteiger partial charge in [0.2, 0.25) is 5.91 Å². The summed E-state index contributed by atoms with van der Waals surface area (Å²) in [4.78, 5) is 15.4. The molecular formula is C17H27N3O4. The highest BCUT2D eigenvalue weighted by molar-refractivity contribution is 5.88. The van der Waals surface area contributed by atoms with Gasteiger partial charge in [-0.3, -0.25) is 14.6 Å². The van der Waals surface area contributed by atoms with Crippen LogP contribution >= 0.6 is 0 Å². The Hall–Kier alpha value is -1.67. The fraction of sp³-hybridized carbons (Fsp3) is 0.588. The van der Waals surface area contributed by atoms with Crippen LogP contribution in [-0.2, 0) is 4.79 Å². The second kappa shape index (κ2) is 9.58. The van der Waals surface area contributed by atoms with Crippen molar-refractivity contribution in [2.75, 3.05) is 57.8 Å². The van der Waals surface area contributed by atoms with Gasteiger partial charge in [0.1, 0.15) is 18.5 Å². The summed E-state index contributed by atoms with van der Waals surface area (Å²) >= 11 is 0. The van der Waals surface area contributed by atoms with Gasteiger partial charge >= 0.3 is 0 Å². The number of hydrogen-bond donors (Lipinski definition) is 3. The third kappa shape index (κ3) is 6.45. The predicted octanol–water partition coefficient (Wildman–Crippen LogP) is -0.00540. The number of aliphatic hydroxyl groups excluding tert-OH is 2. The zero-order chi connectivity index (χ0) is 17.4. The number of nitrogens with one attached hydrogen (secondary N) is 1. The van der Waals surface area contributed by atoms with E-state index in [1.807, 2.05) is 0 Å². The molecule has 134 valence electrons. The molecule has 1 fully saturated rings. The summed E-state index contributed by atoms with van der Waals surface area (Å²) in [5.41, 5.74) is 0.719. The number of aliphatic hydroxyl groups is 2. The van der Waals surface area contributed by atoms with Crippen LogP contribution in [0.25, 0.3) is 0 Å². The quantitative estimate of drug-likeness (QED) is 0.619. The van der Waals surface area contributed by atoms with Gasteiger partial charge in [0.05, 0.1) is 6.61 Å². The first-order valence-corrected chi connectivity index (χ1v) is 8.31. The second-order valence-corrected chi connectivity index (χ2v) is 6.04. The normalized spacial score (nSPS) is 17.5. The fourth-order valence-electron chi connectivity index (χ4n) is 2.72. The summed E-state index contributed by atoms with van der Waals surface area (Å²) in [6.45, 7) is 6.80. The molecule has 2 rings (SSSR count). The number of piperazine rings is 1. The number of ether oxygens (including phenoxy) is 1. The summed E-state index contributed by atoms with van der Waals surface area (Å²) in [6, 6.07) is 7.07. The zero-order valence-corrected chi connectivity index (χ0v) is 14.1. The van der Waals surface area contributed by atoms with E-state index in [0.29, 0.717) is 18.8 Å². The Bertz CT molecular complexity index is 501. The molecular weight excluding hydrogens is 310 g/mol. The van der Waals surface area contributed by atoms with E-state index in [1.54, 1.807) is 24.3 Å². The molecule has 0 aliphatic carbocycles. The van der Waals surface area contributed by atoms with Gasteiger partial charge in [-0.25, -0.2) is 0 Å². The van der Waals surface area contributed by atoms with Gasteiger partial charge in [-0.15, -0.1) is 0 Å². The molecule has 0 bridgehead atoms. The molecule has 1 aromatic carbocycles. The van der Waals surface area contributed by atoms with Crippen molar-refractivity contribution in [3.05, 3.63) is 24.3 Å². The molecule has 0 saturated carbocycles. The number of benzene rings is 1. The number of carbonyl (C=O) groups is 1. The third-order valence-corrected chi connectivity index (χ3v) is 3.97. The summed E-state index contributed by atoms with van der Waals surface area (Å²) in [5.74, 6) is 0.550. The Balaban J connectivity index is 1.67. The molecule has 1 aliphatic heterocycles. The van der Waals surface area contributed by atoms with Crippen LogP contribution in [0.5, 0.6) is 5.75 Å². The number of hydrogen-bond acceptors (Lipinski definition) is 6. The third-order valence-electron chi connectivity index (χ3n) is 3.97. The van der Waals surface area contributed by atoms with Gasteiger partial charge in [0.15, 0.2) is 0 Å². The molecule has 0 unspecified atom stereocenters. The summed E-state index contributed by atoms with van der Waals surface area (Å²) in [5, 5.41) is 21.8. The maximum atomic E-state index is 11.0. The van der Waals surface area contributed by atoms with Crippen LogP contribution in [-0.4, -0.2) is 84.5 Å². The first-order valence-electron chi connectivity index (χ1n) is 8.31. The summed E-state index contributed by atoms with van der Waals surface area (Å²) in [6.07, 6.45) is -0.551. The fourth-order valence-corrected chi connectivity index (χ4v) is 2.72. The zero-order valence-electron chi connectivity index (χ0n) is 14.1. The monoisotopic (exact) mass is 337 g/mol. The lowest BCUT2D eigenvalue weighted by molar-refractivity contribution is -0.114. The van der Waals surface area contributed by atoms with Gasteiger partial charge < -0.3 is 20.3 Å². The van der Waals surface area contributed by atoms with Crippen LogP contribution in [0.15, 0.2) is 24.3 Å². The van der Waals surface area contributed by atoms with Crippen LogP contribution < -0.4 is 10.1 Å². The average molecular weight is 337 g/mol. The molecule has 1 aromatic rings. The molecule has 0 spiro atoms. The Kier molecular flexibility index (Phi) is 7.45. The summed E-state index contributed by atoms with van der Waals surface area (Å²) in [7, 11) is 0. The molecule has 1 atom stereocenters. The molecule has 0 radical (unpaired) electrons. The molecule has 1 heterocycles. The number of carbonyl (C=O) groups excluding carboxylic acids is 1. The van der Waals surface area contributed by atoms with Crippen LogP contribution in [0.3, 0.4) is 0 Å². The van der Waals surface area contributed by atoms with Crippen LogP contribution in [0.4, 0.5) is 5.69 Å². The van der Waals surface area contributed by atoms with Crippen molar-refractivity contribution in [1.29, 1.82) is 0 Å². The predicted molar refractivity (Wildman–Crippen MR) is 92.2 cm³/mol. The number of anilines is 1.